The molecule has 0 unspecified atom stereocenters. The normalized spacial score (nSPS) is 11.4. The summed E-state index contributed by atoms with van der Waals surface area (Å²) in [5.74, 6) is 0.282. The van der Waals surface area contributed by atoms with Gasteiger partial charge in [-0.05, 0) is 65.7 Å². The second-order valence-corrected chi connectivity index (χ2v) is 5.93. The first-order valence-electron chi connectivity index (χ1n) is 7.66. The highest BCUT2D eigenvalue weighted by atomic mass is 35.5. The van der Waals surface area contributed by atoms with Crippen LogP contribution in [0.5, 0.6) is 5.75 Å². The second-order valence-electron chi connectivity index (χ2n) is 5.49. The molecule has 0 radical (unpaired) electrons. The highest BCUT2D eigenvalue weighted by Crippen LogP contribution is 2.22. The van der Waals surface area contributed by atoms with Crippen LogP contribution >= 0.6 is 11.6 Å². The maximum Gasteiger partial charge on any atom is 0.365 e. The highest BCUT2D eigenvalue weighted by Gasteiger charge is 2.08. The van der Waals surface area contributed by atoms with Gasteiger partial charge in [0.2, 0.25) is 0 Å². The van der Waals surface area contributed by atoms with Crippen LogP contribution in [0.15, 0.2) is 65.8 Å². The number of methoxy groups -OCH3 is 1. The van der Waals surface area contributed by atoms with Crippen LogP contribution in [0.3, 0.4) is 0 Å². The van der Waals surface area contributed by atoms with Gasteiger partial charge in [0.05, 0.1) is 18.4 Å². The number of hydrogen-bond donors (Lipinski definition) is 0. The van der Waals surface area contributed by atoms with Crippen molar-refractivity contribution in [2.75, 3.05) is 7.11 Å². The minimum absolute atomic E-state index is 0.395. The van der Waals surface area contributed by atoms with Crippen molar-refractivity contribution in [2.24, 2.45) is 5.16 Å². The van der Waals surface area contributed by atoms with E-state index in [0.717, 1.165) is 22.1 Å². The highest BCUT2D eigenvalue weighted by molar-refractivity contribution is 6.30. The summed E-state index contributed by atoms with van der Waals surface area (Å²) < 4.78 is 5.22. The number of rotatable bonds is 4. The molecule has 0 saturated heterocycles. The predicted octanol–water partition coefficient (Wildman–Crippen LogP) is 5.08. The molecule has 0 aliphatic heterocycles. The number of halogens is 1. The van der Waals surface area contributed by atoms with E-state index in [1.165, 1.54) is 0 Å². The molecule has 0 spiro atoms. The van der Waals surface area contributed by atoms with Crippen LogP contribution in [-0.4, -0.2) is 18.8 Å². The van der Waals surface area contributed by atoms with Gasteiger partial charge in [0.25, 0.3) is 0 Å². The molecule has 5 heteroatoms. The molecule has 0 saturated carbocycles. The van der Waals surface area contributed by atoms with Crippen molar-refractivity contribution < 1.29 is 14.4 Å². The molecule has 3 aromatic rings. The molecule has 0 aromatic heterocycles. The molecule has 4 nitrogen and oxygen atoms in total. The van der Waals surface area contributed by atoms with E-state index < -0.39 is 5.97 Å². The van der Waals surface area contributed by atoms with Crippen molar-refractivity contribution in [3.05, 3.63) is 76.8 Å². The van der Waals surface area contributed by atoms with E-state index in [1.807, 2.05) is 36.4 Å². The monoisotopic (exact) mass is 353 g/mol. The number of carbonyl (C=O) groups is 1. The Kier molecular flexibility index (Phi) is 5.00. The standard InChI is InChI=1S/C20H16ClNO3/c1-13(22-25-20(23)14-5-8-18(21)9-6-14)15-3-4-17-12-19(24-2)10-7-16(17)11-15/h3-12H,1-2H3/b22-13-. The zero-order valence-corrected chi connectivity index (χ0v) is 14.6. The largest absolute Gasteiger partial charge is 0.497 e. The fourth-order valence-electron chi connectivity index (χ4n) is 2.38. The van der Waals surface area contributed by atoms with E-state index in [4.69, 9.17) is 21.2 Å². The van der Waals surface area contributed by atoms with Gasteiger partial charge in [-0.2, -0.15) is 0 Å². The number of oxime groups is 1. The summed E-state index contributed by atoms with van der Waals surface area (Å²) in [6.45, 7) is 1.79. The van der Waals surface area contributed by atoms with Gasteiger partial charge in [-0.1, -0.05) is 35.0 Å². The smallest absolute Gasteiger partial charge is 0.365 e. The van der Waals surface area contributed by atoms with Crippen LogP contribution in [0.4, 0.5) is 0 Å². The number of nitrogens with zero attached hydrogens (tertiary/aromatic N) is 1. The average molecular weight is 354 g/mol. The first kappa shape index (κ1) is 17.0. The van der Waals surface area contributed by atoms with E-state index in [2.05, 4.69) is 5.16 Å². The third-order valence-electron chi connectivity index (χ3n) is 3.81. The number of ether oxygens (including phenoxy) is 1. The van der Waals surface area contributed by atoms with E-state index in [9.17, 15) is 4.79 Å². The maximum absolute atomic E-state index is 12.0. The Bertz CT molecular complexity index is 949. The lowest BCUT2D eigenvalue weighted by molar-refractivity contribution is 0.0516. The molecule has 0 amide bonds. The van der Waals surface area contributed by atoms with Crippen molar-refractivity contribution in [3.8, 4) is 5.75 Å². The van der Waals surface area contributed by atoms with Gasteiger partial charge in [0, 0.05) is 5.02 Å². The lowest BCUT2D eigenvalue weighted by Crippen LogP contribution is -2.03. The maximum atomic E-state index is 12.0. The molecule has 126 valence electrons. The topological polar surface area (TPSA) is 47.9 Å². The molecule has 0 fully saturated rings. The molecule has 0 atom stereocenters. The Morgan fingerprint density at radius 3 is 2.28 bits per heavy atom. The van der Waals surface area contributed by atoms with Crippen LogP contribution in [0, 0.1) is 0 Å². The summed E-state index contributed by atoms with van der Waals surface area (Å²) in [5.41, 5.74) is 1.88. The van der Waals surface area contributed by atoms with Crippen LogP contribution < -0.4 is 4.74 Å². The van der Waals surface area contributed by atoms with Crippen LogP contribution in [0.25, 0.3) is 10.8 Å². The zero-order valence-electron chi connectivity index (χ0n) is 13.8. The van der Waals surface area contributed by atoms with Gasteiger partial charge in [-0.3, -0.25) is 0 Å². The van der Waals surface area contributed by atoms with Crippen molar-refractivity contribution in [3.63, 3.8) is 0 Å². The second kappa shape index (κ2) is 7.36. The molecule has 0 heterocycles. The van der Waals surface area contributed by atoms with Crippen molar-refractivity contribution in [2.45, 2.75) is 6.92 Å². The van der Waals surface area contributed by atoms with Gasteiger partial charge >= 0.3 is 5.97 Å². The van der Waals surface area contributed by atoms with Crippen LogP contribution in [0.2, 0.25) is 5.02 Å². The van der Waals surface area contributed by atoms with Gasteiger partial charge in [-0.25, -0.2) is 4.79 Å². The fourth-order valence-corrected chi connectivity index (χ4v) is 2.50. The summed E-state index contributed by atoms with van der Waals surface area (Å²) in [6, 6.07) is 18.2. The van der Waals surface area contributed by atoms with E-state index in [-0.39, 0.29) is 0 Å². The lowest BCUT2D eigenvalue weighted by atomic mass is 10.0. The fraction of sp³-hybridized carbons (Fsp3) is 0.100. The molecule has 0 aliphatic rings. The van der Waals surface area contributed by atoms with Gasteiger partial charge in [-0.15, -0.1) is 0 Å². The number of benzene rings is 3. The van der Waals surface area contributed by atoms with E-state index in [0.29, 0.717) is 16.3 Å². The molecule has 0 bridgehead atoms. The van der Waals surface area contributed by atoms with Crippen molar-refractivity contribution >= 4 is 34.1 Å². The molecule has 3 rings (SSSR count). The summed E-state index contributed by atoms with van der Waals surface area (Å²) >= 11 is 5.80. The Labute approximate surface area is 150 Å². The van der Waals surface area contributed by atoms with Gasteiger partial charge in [0.1, 0.15) is 5.75 Å². The van der Waals surface area contributed by atoms with E-state index in [1.54, 1.807) is 38.3 Å². The van der Waals surface area contributed by atoms with Crippen molar-refractivity contribution in [1.82, 2.24) is 0 Å². The van der Waals surface area contributed by atoms with Crippen LogP contribution in [0.1, 0.15) is 22.8 Å². The first-order valence-corrected chi connectivity index (χ1v) is 8.04. The van der Waals surface area contributed by atoms with Gasteiger partial charge < -0.3 is 9.57 Å². The lowest BCUT2D eigenvalue weighted by Gasteiger charge is -2.05. The molecule has 0 N–H and O–H groups in total. The summed E-state index contributed by atoms with van der Waals surface area (Å²) in [4.78, 5) is 17.0. The van der Waals surface area contributed by atoms with Crippen LogP contribution in [-0.2, 0) is 4.84 Å². The minimum Gasteiger partial charge on any atom is -0.497 e. The Balaban J connectivity index is 1.78. The summed E-state index contributed by atoms with van der Waals surface area (Å²) in [7, 11) is 1.64. The summed E-state index contributed by atoms with van der Waals surface area (Å²) in [6.07, 6.45) is 0. The first-order chi connectivity index (χ1) is 12.1. The molecular formula is C20H16ClNO3. The predicted molar refractivity (Wildman–Crippen MR) is 99.6 cm³/mol. The zero-order chi connectivity index (χ0) is 17.8. The average Bonchev–Trinajstić information content (AvgIpc) is 2.65. The number of fused-ring (bicyclic) bond motifs is 1. The minimum atomic E-state index is -0.526. The quantitative estimate of drug-likeness (QED) is 0.373. The third kappa shape index (κ3) is 3.98. The Morgan fingerprint density at radius 1 is 0.920 bits per heavy atom. The van der Waals surface area contributed by atoms with E-state index >= 15 is 0 Å². The molecular weight excluding hydrogens is 338 g/mol. The van der Waals surface area contributed by atoms with Gasteiger partial charge in [0.15, 0.2) is 0 Å². The molecule has 3 aromatic carbocycles. The third-order valence-corrected chi connectivity index (χ3v) is 4.06. The Morgan fingerprint density at radius 2 is 1.56 bits per heavy atom. The molecule has 25 heavy (non-hydrogen) atoms. The number of carbonyl (C=O) groups excluding carboxylic acids is 1. The SMILES string of the molecule is COc1ccc2cc(/C(C)=N\OC(=O)c3ccc(Cl)cc3)ccc2c1. The summed E-state index contributed by atoms with van der Waals surface area (Å²) in [5, 5.41) is 6.62. The Hall–Kier alpha value is -2.85. The molecule has 0 aliphatic carbocycles. The van der Waals surface area contributed by atoms with Crippen molar-refractivity contribution in [1.29, 1.82) is 0 Å². The number of hydrogen-bond acceptors (Lipinski definition) is 4.